The van der Waals surface area contributed by atoms with Crippen LogP contribution in [0.4, 0.5) is 0 Å². The van der Waals surface area contributed by atoms with E-state index in [0.717, 1.165) is 12.8 Å². The van der Waals surface area contributed by atoms with Gasteiger partial charge >= 0.3 is 0 Å². The second-order valence-corrected chi connectivity index (χ2v) is 6.23. The Morgan fingerprint density at radius 2 is 1.70 bits per heavy atom. The Hall–Kier alpha value is -1.71. The molecule has 1 rings (SSSR count). The molecular weight excluding hydrogens is 290 g/mol. The fraction of sp³-hybridized carbons (Fsp3) is 0.632. The molecular formula is C19H31NO3. The quantitative estimate of drug-likeness (QED) is 0.693. The molecule has 0 spiro atoms. The molecule has 0 saturated heterocycles. The molecule has 1 atom stereocenters. The standard InChI is InChI=1S/C19H31NO3/c1-6-22-17-12-11-16(13-18(17)23-7-2)19(21)20-15(5)10-8-9-14(3)4/h11-15H,6-10H2,1-5H3,(H,20,21)/t15-/m0/s1. The van der Waals surface area contributed by atoms with Gasteiger partial charge in [-0.05, 0) is 51.3 Å². The molecule has 4 heteroatoms. The van der Waals surface area contributed by atoms with Crippen LogP contribution in [0.25, 0.3) is 0 Å². The molecule has 0 aliphatic rings. The maximum Gasteiger partial charge on any atom is 0.251 e. The Morgan fingerprint density at radius 1 is 1.04 bits per heavy atom. The SMILES string of the molecule is CCOc1ccc(C(=O)N[C@@H](C)CCCC(C)C)cc1OCC. The highest BCUT2D eigenvalue weighted by Crippen LogP contribution is 2.28. The van der Waals surface area contributed by atoms with E-state index in [1.807, 2.05) is 13.8 Å². The number of benzene rings is 1. The Labute approximate surface area is 140 Å². The average Bonchev–Trinajstić information content (AvgIpc) is 2.49. The van der Waals surface area contributed by atoms with E-state index >= 15 is 0 Å². The summed E-state index contributed by atoms with van der Waals surface area (Å²) in [5, 5.41) is 3.06. The predicted octanol–water partition coefficient (Wildman–Crippen LogP) is 4.43. The van der Waals surface area contributed by atoms with E-state index < -0.39 is 0 Å². The van der Waals surface area contributed by atoms with Crippen molar-refractivity contribution in [1.29, 1.82) is 0 Å². The van der Waals surface area contributed by atoms with Gasteiger partial charge in [-0.3, -0.25) is 4.79 Å². The zero-order valence-electron chi connectivity index (χ0n) is 15.1. The van der Waals surface area contributed by atoms with Crippen LogP contribution in [0.1, 0.15) is 64.2 Å². The number of nitrogens with one attached hydrogen (secondary N) is 1. The van der Waals surface area contributed by atoms with E-state index in [4.69, 9.17) is 9.47 Å². The van der Waals surface area contributed by atoms with Crippen LogP contribution < -0.4 is 14.8 Å². The maximum atomic E-state index is 12.4. The minimum Gasteiger partial charge on any atom is -0.490 e. The smallest absolute Gasteiger partial charge is 0.251 e. The minimum atomic E-state index is -0.0638. The second kappa shape index (κ2) is 10.1. The molecule has 0 aromatic heterocycles. The number of carbonyl (C=O) groups excluding carboxylic acids is 1. The third-order valence-electron chi connectivity index (χ3n) is 3.60. The molecule has 0 heterocycles. The zero-order valence-corrected chi connectivity index (χ0v) is 15.1. The van der Waals surface area contributed by atoms with Gasteiger partial charge in [-0.15, -0.1) is 0 Å². The topological polar surface area (TPSA) is 47.6 Å². The molecule has 0 fully saturated rings. The fourth-order valence-electron chi connectivity index (χ4n) is 2.40. The van der Waals surface area contributed by atoms with E-state index in [2.05, 4.69) is 26.1 Å². The summed E-state index contributed by atoms with van der Waals surface area (Å²) < 4.78 is 11.1. The lowest BCUT2D eigenvalue weighted by Gasteiger charge is -2.16. The molecule has 1 aromatic carbocycles. The summed E-state index contributed by atoms with van der Waals surface area (Å²) in [6, 6.07) is 5.50. The summed E-state index contributed by atoms with van der Waals surface area (Å²) in [6.07, 6.45) is 3.32. The normalized spacial score (nSPS) is 12.1. The molecule has 0 aliphatic heterocycles. The molecule has 23 heavy (non-hydrogen) atoms. The number of hydrogen-bond donors (Lipinski definition) is 1. The number of hydrogen-bond acceptors (Lipinski definition) is 3. The Bertz CT molecular complexity index is 486. The first-order valence-electron chi connectivity index (χ1n) is 8.68. The van der Waals surface area contributed by atoms with E-state index in [9.17, 15) is 4.79 Å². The molecule has 0 unspecified atom stereocenters. The molecule has 0 saturated carbocycles. The van der Waals surface area contributed by atoms with Crippen molar-refractivity contribution in [2.45, 2.75) is 59.9 Å². The molecule has 4 nitrogen and oxygen atoms in total. The summed E-state index contributed by atoms with van der Waals surface area (Å²) in [7, 11) is 0. The second-order valence-electron chi connectivity index (χ2n) is 6.23. The summed E-state index contributed by atoms with van der Waals surface area (Å²) >= 11 is 0. The maximum absolute atomic E-state index is 12.4. The van der Waals surface area contributed by atoms with Gasteiger partial charge in [-0.2, -0.15) is 0 Å². The van der Waals surface area contributed by atoms with Crippen LogP contribution in [0.2, 0.25) is 0 Å². The Morgan fingerprint density at radius 3 is 2.30 bits per heavy atom. The van der Waals surface area contributed by atoms with Crippen molar-refractivity contribution >= 4 is 5.91 Å². The molecule has 1 N–H and O–H groups in total. The number of amides is 1. The first-order chi connectivity index (χ1) is 11.0. The van der Waals surface area contributed by atoms with Crippen LogP contribution in [0.3, 0.4) is 0 Å². The van der Waals surface area contributed by atoms with Crippen molar-refractivity contribution in [3.05, 3.63) is 23.8 Å². The number of carbonyl (C=O) groups is 1. The van der Waals surface area contributed by atoms with Gasteiger partial charge in [-0.25, -0.2) is 0 Å². The van der Waals surface area contributed by atoms with Gasteiger partial charge in [0.25, 0.3) is 5.91 Å². The van der Waals surface area contributed by atoms with Crippen LogP contribution in [0.15, 0.2) is 18.2 Å². The van der Waals surface area contributed by atoms with Crippen molar-refractivity contribution in [3.63, 3.8) is 0 Å². The predicted molar refractivity (Wildman–Crippen MR) is 94.4 cm³/mol. The van der Waals surface area contributed by atoms with Crippen LogP contribution in [-0.2, 0) is 0 Å². The third kappa shape index (κ3) is 6.93. The number of rotatable bonds is 10. The summed E-state index contributed by atoms with van der Waals surface area (Å²) in [6.45, 7) is 11.4. The highest BCUT2D eigenvalue weighted by Gasteiger charge is 2.13. The van der Waals surface area contributed by atoms with Crippen molar-refractivity contribution in [2.24, 2.45) is 5.92 Å². The highest BCUT2D eigenvalue weighted by atomic mass is 16.5. The molecule has 0 radical (unpaired) electrons. The van der Waals surface area contributed by atoms with Gasteiger partial charge in [-0.1, -0.05) is 26.7 Å². The molecule has 0 aliphatic carbocycles. The van der Waals surface area contributed by atoms with Crippen molar-refractivity contribution < 1.29 is 14.3 Å². The monoisotopic (exact) mass is 321 g/mol. The van der Waals surface area contributed by atoms with Crippen LogP contribution in [-0.4, -0.2) is 25.2 Å². The molecule has 1 aromatic rings. The third-order valence-corrected chi connectivity index (χ3v) is 3.60. The molecule has 0 bridgehead atoms. The van der Waals surface area contributed by atoms with Crippen LogP contribution >= 0.6 is 0 Å². The van der Waals surface area contributed by atoms with Crippen molar-refractivity contribution in [2.75, 3.05) is 13.2 Å². The largest absolute Gasteiger partial charge is 0.490 e. The van der Waals surface area contributed by atoms with Gasteiger partial charge < -0.3 is 14.8 Å². The molecule has 130 valence electrons. The fourth-order valence-corrected chi connectivity index (χ4v) is 2.40. The van der Waals surface area contributed by atoms with E-state index in [1.165, 1.54) is 6.42 Å². The highest BCUT2D eigenvalue weighted by molar-refractivity contribution is 5.95. The number of ether oxygens (including phenoxy) is 2. The summed E-state index contributed by atoms with van der Waals surface area (Å²) in [5.41, 5.74) is 0.604. The van der Waals surface area contributed by atoms with Crippen molar-refractivity contribution in [3.8, 4) is 11.5 Å². The average molecular weight is 321 g/mol. The van der Waals surface area contributed by atoms with E-state index in [1.54, 1.807) is 18.2 Å². The van der Waals surface area contributed by atoms with Gasteiger partial charge in [0.2, 0.25) is 0 Å². The van der Waals surface area contributed by atoms with Gasteiger partial charge in [0.05, 0.1) is 13.2 Å². The lowest BCUT2D eigenvalue weighted by molar-refractivity contribution is 0.0937. The Kier molecular flexibility index (Phi) is 8.52. The van der Waals surface area contributed by atoms with Crippen LogP contribution in [0.5, 0.6) is 11.5 Å². The van der Waals surface area contributed by atoms with Crippen molar-refractivity contribution in [1.82, 2.24) is 5.32 Å². The zero-order chi connectivity index (χ0) is 17.2. The lowest BCUT2D eigenvalue weighted by Crippen LogP contribution is -2.32. The minimum absolute atomic E-state index is 0.0638. The summed E-state index contributed by atoms with van der Waals surface area (Å²) in [4.78, 5) is 12.4. The van der Waals surface area contributed by atoms with Gasteiger partial charge in [0.15, 0.2) is 11.5 Å². The van der Waals surface area contributed by atoms with E-state index in [0.29, 0.717) is 36.2 Å². The summed E-state index contributed by atoms with van der Waals surface area (Å²) in [5.74, 6) is 1.94. The molecule has 1 amide bonds. The van der Waals surface area contributed by atoms with Gasteiger partial charge in [0.1, 0.15) is 0 Å². The lowest BCUT2D eigenvalue weighted by atomic mass is 10.0. The van der Waals surface area contributed by atoms with Gasteiger partial charge in [0, 0.05) is 11.6 Å². The van der Waals surface area contributed by atoms with E-state index in [-0.39, 0.29) is 11.9 Å². The first kappa shape index (κ1) is 19.3. The first-order valence-corrected chi connectivity index (χ1v) is 8.68. The Balaban J connectivity index is 2.66. The van der Waals surface area contributed by atoms with Crippen LogP contribution in [0, 0.1) is 5.92 Å².